The van der Waals surface area contributed by atoms with Gasteiger partial charge in [0.15, 0.2) is 0 Å². The molecule has 0 aromatic rings. The van der Waals surface area contributed by atoms with Gasteiger partial charge in [-0.15, -0.1) is 0 Å². The summed E-state index contributed by atoms with van der Waals surface area (Å²) < 4.78 is 0. The number of hydrogen-bond acceptors (Lipinski definition) is 1. The van der Waals surface area contributed by atoms with Crippen molar-refractivity contribution in [1.82, 2.24) is 0 Å². The molecule has 1 aliphatic rings. The zero-order chi connectivity index (χ0) is 13.4. The summed E-state index contributed by atoms with van der Waals surface area (Å²) in [7, 11) is 0. The molecule has 0 spiro atoms. The third-order valence-electron chi connectivity index (χ3n) is 4.66. The Morgan fingerprint density at radius 3 is 2.44 bits per heavy atom. The summed E-state index contributed by atoms with van der Waals surface area (Å²) in [4.78, 5) is 11.3. The van der Waals surface area contributed by atoms with Crippen LogP contribution in [0.4, 0.5) is 0 Å². The van der Waals surface area contributed by atoms with Crippen LogP contribution in [0, 0.1) is 17.8 Å². The fourth-order valence-corrected chi connectivity index (χ4v) is 3.39. The third kappa shape index (κ3) is 4.99. The molecule has 106 valence electrons. The molecule has 1 N–H and O–H groups in total. The van der Waals surface area contributed by atoms with Crippen LogP contribution in [-0.2, 0) is 4.79 Å². The van der Waals surface area contributed by atoms with Crippen LogP contribution in [0.3, 0.4) is 0 Å². The largest absolute Gasteiger partial charge is 0.481 e. The lowest BCUT2D eigenvalue weighted by molar-refractivity contribution is -0.145. The van der Waals surface area contributed by atoms with Crippen molar-refractivity contribution >= 4 is 5.97 Å². The molecule has 0 aromatic carbocycles. The summed E-state index contributed by atoms with van der Waals surface area (Å²) in [6.45, 7) is 4.47. The highest BCUT2D eigenvalue weighted by atomic mass is 16.4. The van der Waals surface area contributed by atoms with Crippen molar-refractivity contribution in [3.8, 4) is 0 Å². The molecule has 2 nitrogen and oxygen atoms in total. The number of hydrogen-bond donors (Lipinski definition) is 1. The molecule has 18 heavy (non-hydrogen) atoms. The summed E-state index contributed by atoms with van der Waals surface area (Å²) in [5.41, 5.74) is 0. The predicted molar refractivity (Wildman–Crippen MR) is 75.6 cm³/mol. The maximum absolute atomic E-state index is 11.3. The molecule has 1 fully saturated rings. The Labute approximate surface area is 112 Å². The summed E-state index contributed by atoms with van der Waals surface area (Å²) >= 11 is 0. The van der Waals surface area contributed by atoms with E-state index < -0.39 is 5.97 Å². The van der Waals surface area contributed by atoms with E-state index in [1.54, 1.807) is 0 Å². The lowest BCUT2D eigenvalue weighted by atomic mass is 9.71. The lowest BCUT2D eigenvalue weighted by Gasteiger charge is -2.33. The Kier molecular flexibility index (Phi) is 7.38. The number of aliphatic carboxylic acids is 1. The van der Waals surface area contributed by atoms with E-state index in [-0.39, 0.29) is 5.92 Å². The molecule has 0 aliphatic heterocycles. The molecule has 0 saturated heterocycles. The van der Waals surface area contributed by atoms with Crippen molar-refractivity contribution in [2.75, 3.05) is 0 Å². The average Bonchev–Trinajstić information content (AvgIpc) is 2.38. The first-order chi connectivity index (χ1) is 8.69. The van der Waals surface area contributed by atoms with E-state index >= 15 is 0 Å². The molecule has 0 heterocycles. The van der Waals surface area contributed by atoms with Gasteiger partial charge < -0.3 is 5.11 Å². The molecule has 1 saturated carbocycles. The molecular weight excluding hydrogens is 224 g/mol. The van der Waals surface area contributed by atoms with Gasteiger partial charge in [-0.2, -0.15) is 0 Å². The molecular formula is C16H30O2. The first-order valence-electron chi connectivity index (χ1n) is 7.91. The number of carboxylic acids is 1. The zero-order valence-corrected chi connectivity index (χ0v) is 12.2. The van der Waals surface area contributed by atoms with Gasteiger partial charge >= 0.3 is 5.97 Å². The van der Waals surface area contributed by atoms with E-state index in [0.29, 0.717) is 5.92 Å². The second-order valence-corrected chi connectivity index (χ2v) is 6.00. The minimum Gasteiger partial charge on any atom is -0.481 e. The number of rotatable bonds is 8. The average molecular weight is 254 g/mol. The zero-order valence-electron chi connectivity index (χ0n) is 12.2. The SMILES string of the molecule is CCCCCCCC1CC(CC)CCC1C(=O)O. The molecule has 2 heteroatoms. The molecule has 0 radical (unpaired) electrons. The van der Waals surface area contributed by atoms with E-state index in [1.165, 1.54) is 38.5 Å². The monoisotopic (exact) mass is 254 g/mol. The van der Waals surface area contributed by atoms with Gasteiger partial charge in [0.1, 0.15) is 0 Å². The lowest BCUT2D eigenvalue weighted by Crippen LogP contribution is -2.30. The summed E-state index contributed by atoms with van der Waals surface area (Å²) in [5, 5.41) is 9.31. The van der Waals surface area contributed by atoms with Gasteiger partial charge in [0.2, 0.25) is 0 Å². The molecule has 0 aromatic heterocycles. The molecule has 3 atom stereocenters. The van der Waals surface area contributed by atoms with Crippen LogP contribution in [0.2, 0.25) is 0 Å². The Balaban J connectivity index is 2.34. The van der Waals surface area contributed by atoms with Crippen molar-refractivity contribution in [2.24, 2.45) is 17.8 Å². The molecule has 0 amide bonds. The normalized spacial score (nSPS) is 28.2. The first-order valence-corrected chi connectivity index (χ1v) is 7.91. The van der Waals surface area contributed by atoms with Gasteiger partial charge in [-0.3, -0.25) is 4.79 Å². The van der Waals surface area contributed by atoms with Crippen molar-refractivity contribution in [2.45, 2.75) is 78.1 Å². The first kappa shape index (κ1) is 15.5. The van der Waals surface area contributed by atoms with E-state index in [0.717, 1.165) is 31.6 Å². The smallest absolute Gasteiger partial charge is 0.306 e. The van der Waals surface area contributed by atoms with Gasteiger partial charge in [0, 0.05) is 0 Å². The summed E-state index contributed by atoms with van der Waals surface area (Å²) in [6.07, 6.45) is 12.0. The van der Waals surface area contributed by atoms with Crippen molar-refractivity contribution in [3.05, 3.63) is 0 Å². The Morgan fingerprint density at radius 2 is 1.83 bits per heavy atom. The summed E-state index contributed by atoms with van der Waals surface area (Å²) in [6, 6.07) is 0. The number of unbranched alkanes of at least 4 members (excludes halogenated alkanes) is 4. The third-order valence-corrected chi connectivity index (χ3v) is 4.66. The van der Waals surface area contributed by atoms with Crippen LogP contribution in [0.1, 0.15) is 78.1 Å². The highest BCUT2D eigenvalue weighted by molar-refractivity contribution is 5.70. The van der Waals surface area contributed by atoms with Gasteiger partial charge in [-0.25, -0.2) is 0 Å². The highest BCUT2D eigenvalue weighted by Crippen LogP contribution is 2.38. The van der Waals surface area contributed by atoms with Crippen LogP contribution in [-0.4, -0.2) is 11.1 Å². The second kappa shape index (κ2) is 8.55. The molecule has 3 unspecified atom stereocenters. The van der Waals surface area contributed by atoms with Crippen LogP contribution >= 0.6 is 0 Å². The van der Waals surface area contributed by atoms with Crippen LogP contribution in [0.5, 0.6) is 0 Å². The fourth-order valence-electron chi connectivity index (χ4n) is 3.39. The Morgan fingerprint density at radius 1 is 1.11 bits per heavy atom. The molecule has 0 bridgehead atoms. The Hall–Kier alpha value is -0.530. The minimum atomic E-state index is -0.553. The van der Waals surface area contributed by atoms with Crippen LogP contribution in [0.25, 0.3) is 0 Å². The maximum Gasteiger partial charge on any atom is 0.306 e. The second-order valence-electron chi connectivity index (χ2n) is 6.00. The van der Waals surface area contributed by atoms with Gasteiger partial charge in [-0.05, 0) is 37.5 Å². The van der Waals surface area contributed by atoms with E-state index in [4.69, 9.17) is 0 Å². The van der Waals surface area contributed by atoms with E-state index in [9.17, 15) is 9.90 Å². The van der Waals surface area contributed by atoms with Crippen LogP contribution in [0.15, 0.2) is 0 Å². The standard InChI is InChI=1S/C16H30O2/c1-3-5-6-7-8-9-14-12-13(4-2)10-11-15(14)16(17)18/h13-15H,3-12H2,1-2H3,(H,17,18). The van der Waals surface area contributed by atoms with Gasteiger partial charge in [0.25, 0.3) is 0 Å². The quantitative estimate of drug-likeness (QED) is 0.627. The van der Waals surface area contributed by atoms with E-state index in [1.807, 2.05) is 0 Å². The van der Waals surface area contributed by atoms with E-state index in [2.05, 4.69) is 13.8 Å². The maximum atomic E-state index is 11.3. The van der Waals surface area contributed by atoms with Crippen molar-refractivity contribution in [3.63, 3.8) is 0 Å². The topological polar surface area (TPSA) is 37.3 Å². The number of carbonyl (C=O) groups is 1. The minimum absolute atomic E-state index is 0.0565. The number of carboxylic acid groups (broad SMARTS) is 1. The van der Waals surface area contributed by atoms with Crippen LogP contribution < -0.4 is 0 Å². The summed E-state index contributed by atoms with van der Waals surface area (Å²) in [5.74, 6) is 0.617. The Bertz CT molecular complexity index is 237. The predicted octanol–water partition coefficient (Wildman–Crippen LogP) is 4.87. The van der Waals surface area contributed by atoms with Gasteiger partial charge in [-0.1, -0.05) is 52.4 Å². The van der Waals surface area contributed by atoms with Crippen molar-refractivity contribution < 1.29 is 9.90 Å². The van der Waals surface area contributed by atoms with Gasteiger partial charge in [0.05, 0.1) is 5.92 Å². The highest BCUT2D eigenvalue weighted by Gasteiger charge is 2.33. The molecule has 1 rings (SSSR count). The fraction of sp³-hybridized carbons (Fsp3) is 0.938. The molecule has 1 aliphatic carbocycles. The van der Waals surface area contributed by atoms with Crippen molar-refractivity contribution in [1.29, 1.82) is 0 Å².